The van der Waals surface area contributed by atoms with Crippen molar-refractivity contribution >= 4 is 21.8 Å². The van der Waals surface area contributed by atoms with Gasteiger partial charge in [-0.3, -0.25) is 4.79 Å². The zero-order valence-electron chi connectivity index (χ0n) is 10.2. The third-order valence-corrected chi connectivity index (χ3v) is 2.76. The molecule has 0 spiro atoms. The minimum Gasteiger partial charge on any atom is -0.457 e. The van der Waals surface area contributed by atoms with Crippen molar-refractivity contribution in [1.82, 2.24) is 10.2 Å². The second kappa shape index (κ2) is 5.66. The first kappa shape index (κ1) is 14.2. The van der Waals surface area contributed by atoms with Crippen molar-refractivity contribution in [2.24, 2.45) is 0 Å². The third kappa shape index (κ3) is 4.49. The van der Waals surface area contributed by atoms with Crippen LogP contribution in [0.2, 0.25) is 0 Å². The Hall–Kier alpha value is -0.850. The Bertz CT molecular complexity index is 388. The molecule has 5 nitrogen and oxygen atoms in total. The van der Waals surface area contributed by atoms with Crippen molar-refractivity contribution in [3.8, 4) is 0 Å². The lowest BCUT2D eigenvalue weighted by Gasteiger charge is -2.26. The fourth-order valence-electron chi connectivity index (χ4n) is 1.56. The maximum atomic E-state index is 11.7. The van der Waals surface area contributed by atoms with Gasteiger partial charge in [-0.25, -0.2) is 0 Å². The summed E-state index contributed by atoms with van der Waals surface area (Å²) < 4.78 is 5.36. The monoisotopic (exact) mass is 304 g/mol. The van der Waals surface area contributed by atoms with E-state index in [4.69, 9.17) is 4.42 Å². The van der Waals surface area contributed by atoms with Crippen LogP contribution >= 0.6 is 15.9 Å². The summed E-state index contributed by atoms with van der Waals surface area (Å²) in [5, 5.41) is 12.7. The highest BCUT2D eigenvalue weighted by Gasteiger charge is 2.23. The molecule has 1 unspecified atom stereocenters. The second-order valence-corrected chi connectivity index (χ2v) is 5.25. The van der Waals surface area contributed by atoms with E-state index in [1.165, 1.54) is 6.26 Å². The molecular weight excluding hydrogens is 288 g/mol. The number of carbonyl (C=O) groups excluding carboxylic acids is 1. The molecule has 6 heteroatoms. The Morgan fingerprint density at radius 1 is 1.65 bits per heavy atom. The number of hydrogen-bond acceptors (Lipinski definition) is 4. The van der Waals surface area contributed by atoms with Crippen molar-refractivity contribution in [2.75, 3.05) is 27.2 Å². The van der Waals surface area contributed by atoms with Crippen LogP contribution < -0.4 is 5.32 Å². The van der Waals surface area contributed by atoms with E-state index in [0.29, 0.717) is 16.8 Å². The average molecular weight is 305 g/mol. The van der Waals surface area contributed by atoms with Gasteiger partial charge in [-0.1, -0.05) is 0 Å². The molecule has 0 radical (unpaired) electrons. The highest BCUT2D eigenvalue weighted by molar-refractivity contribution is 9.10. The number of furan rings is 1. The number of rotatable bonds is 5. The number of nitrogens with zero attached hydrogens (tertiary/aromatic N) is 1. The van der Waals surface area contributed by atoms with Gasteiger partial charge in [0.25, 0.3) is 5.91 Å². The summed E-state index contributed by atoms with van der Waals surface area (Å²) in [5.41, 5.74) is -0.541. The molecule has 0 aliphatic heterocycles. The van der Waals surface area contributed by atoms with Crippen LogP contribution in [0.15, 0.2) is 21.4 Å². The van der Waals surface area contributed by atoms with Crippen molar-refractivity contribution in [3.05, 3.63) is 22.6 Å². The SMILES string of the molecule is CN(C)CC(C)(O)CNC(=O)c1ccoc1Br. The largest absolute Gasteiger partial charge is 0.457 e. The molecule has 1 aromatic rings. The number of halogens is 1. The molecular formula is C11H17BrN2O3. The van der Waals surface area contributed by atoms with Gasteiger partial charge < -0.3 is 19.7 Å². The third-order valence-electron chi connectivity index (χ3n) is 2.15. The summed E-state index contributed by atoms with van der Waals surface area (Å²) >= 11 is 3.13. The van der Waals surface area contributed by atoms with E-state index in [2.05, 4.69) is 21.2 Å². The second-order valence-electron chi connectivity index (χ2n) is 4.53. The van der Waals surface area contributed by atoms with Crippen LogP contribution in [-0.2, 0) is 0 Å². The Balaban J connectivity index is 2.51. The minimum absolute atomic E-state index is 0.182. The standard InChI is InChI=1S/C11H17BrN2O3/c1-11(16,7-14(2)3)6-13-10(15)8-4-5-17-9(8)12/h4-5,16H,6-7H2,1-3H3,(H,13,15). The number of carbonyl (C=O) groups is 1. The lowest BCUT2D eigenvalue weighted by molar-refractivity contribution is 0.0325. The van der Waals surface area contributed by atoms with Gasteiger partial charge in [0, 0.05) is 13.1 Å². The first-order chi connectivity index (χ1) is 7.82. The van der Waals surface area contributed by atoms with Gasteiger partial charge in [-0.05, 0) is 43.0 Å². The molecule has 1 heterocycles. The Morgan fingerprint density at radius 2 is 2.29 bits per heavy atom. The van der Waals surface area contributed by atoms with E-state index < -0.39 is 5.60 Å². The van der Waals surface area contributed by atoms with Crippen molar-refractivity contribution in [2.45, 2.75) is 12.5 Å². The van der Waals surface area contributed by atoms with Gasteiger partial charge >= 0.3 is 0 Å². The van der Waals surface area contributed by atoms with E-state index in [-0.39, 0.29) is 12.5 Å². The van der Waals surface area contributed by atoms with E-state index in [0.717, 1.165) is 0 Å². The quantitative estimate of drug-likeness (QED) is 0.854. The maximum Gasteiger partial charge on any atom is 0.255 e. The maximum absolute atomic E-state index is 11.7. The van der Waals surface area contributed by atoms with Crippen molar-refractivity contribution < 1.29 is 14.3 Å². The fraction of sp³-hybridized carbons (Fsp3) is 0.545. The zero-order valence-corrected chi connectivity index (χ0v) is 11.7. The summed E-state index contributed by atoms with van der Waals surface area (Å²) in [4.78, 5) is 13.6. The molecule has 0 aliphatic rings. The van der Waals surface area contributed by atoms with E-state index in [1.54, 1.807) is 13.0 Å². The number of aliphatic hydroxyl groups is 1. The highest BCUT2D eigenvalue weighted by Crippen LogP contribution is 2.17. The van der Waals surface area contributed by atoms with Crippen LogP contribution in [0.25, 0.3) is 0 Å². The Labute approximate surface area is 109 Å². The van der Waals surface area contributed by atoms with Gasteiger partial charge in [0.15, 0.2) is 4.67 Å². The summed E-state index contributed by atoms with van der Waals surface area (Å²) in [6, 6.07) is 1.57. The molecule has 2 N–H and O–H groups in total. The molecule has 0 aromatic carbocycles. The smallest absolute Gasteiger partial charge is 0.255 e. The first-order valence-electron chi connectivity index (χ1n) is 5.20. The van der Waals surface area contributed by atoms with Crippen LogP contribution in [0.5, 0.6) is 0 Å². The lowest BCUT2D eigenvalue weighted by atomic mass is 10.1. The normalized spacial score (nSPS) is 14.7. The predicted octanol–water partition coefficient (Wildman–Crippen LogP) is 1.08. The molecule has 0 bridgehead atoms. The van der Waals surface area contributed by atoms with Gasteiger partial charge in [0.1, 0.15) is 0 Å². The number of hydrogen-bond donors (Lipinski definition) is 2. The van der Waals surface area contributed by atoms with Gasteiger partial charge in [-0.2, -0.15) is 0 Å². The Kier molecular flexibility index (Phi) is 4.73. The lowest BCUT2D eigenvalue weighted by Crippen LogP contribution is -2.47. The van der Waals surface area contributed by atoms with Crippen LogP contribution in [0, 0.1) is 0 Å². The predicted molar refractivity (Wildman–Crippen MR) is 67.9 cm³/mol. The first-order valence-corrected chi connectivity index (χ1v) is 5.99. The number of likely N-dealkylation sites (N-methyl/N-ethyl adjacent to an activating group) is 1. The van der Waals surface area contributed by atoms with Crippen LogP contribution in [0.4, 0.5) is 0 Å². The molecule has 0 fully saturated rings. The molecule has 0 aliphatic carbocycles. The molecule has 0 saturated heterocycles. The number of nitrogens with one attached hydrogen (secondary N) is 1. The molecule has 17 heavy (non-hydrogen) atoms. The molecule has 0 saturated carbocycles. The van der Waals surface area contributed by atoms with Crippen LogP contribution in [-0.4, -0.2) is 48.7 Å². The summed E-state index contributed by atoms with van der Waals surface area (Å²) in [7, 11) is 3.73. The zero-order chi connectivity index (χ0) is 13.1. The fourth-order valence-corrected chi connectivity index (χ4v) is 1.98. The average Bonchev–Trinajstić information content (AvgIpc) is 2.59. The summed E-state index contributed by atoms with van der Waals surface area (Å²) in [6.45, 7) is 2.33. The topological polar surface area (TPSA) is 65.7 Å². The summed E-state index contributed by atoms with van der Waals surface area (Å²) in [6.07, 6.45) is 1.43. The molecule has 1 rings (SSSR count). The van der Waals surface area contributed by atoms with Crippen molar-refractivity contribution in [1.29, 1.82) is 0 Å². The van der Waals surface area contributed by atoms with E-state index in [9.17, 15) is 9.90 Å². The van der Waals surface area contributed by atoms with Gasteiger partial charge in [-0.15, -0.1) is 0 Å². The Morgan fingerprint density at radius 3 is 2.76 bits per heavy atom. The molecule has 1 atom stereocenters. The molecule has 96 valence electrons. The molecule has 1 amide bonds. The number of amides is 1. The highest BCUT2D eigenvalue weighted by atomic mass is 79.9. The minimum atomic E-state index is -0.963. The van der Waals surface area contributed by atoms with Gasteiger partial charge in [0.2, 0.25) is 0 Å². The van der Waals surface area contributed by atoms with E-state index >= 15 is 0 Å². The summed E-state index contributed by atoms with van der Waals surface area (Å²) in [5.74, 6) is -0.273. The molecule has 1 aromatic heterocycles. The van der Waals surface area contributed by atoms with Gasteiger partial charge in [0.05, 0.1) is 17.4 Å². The van der Waals surface area contributed by atoms with E-state index in [1.807, 2.05) is 19.0 Å². The van der Waals surface area contributed by atoms with Crippen LogP contribution in [0.3, 0.4) is 0 Å². The van der Waals surface area contributed by atoms with Crippen LogP contribution in [0.1, 0.15) is 17.3 Å². The van der Waals surface area contributed by atoms with Crippen molar-refractivity contribution in [3.63, 3.8) is 0 Å².